The first-order valence-electron chi connectivity index (χ1n) is 6.57. The minimum absolute atomic E-state index is 0.00480. The summed E-state index contributed by atoms with van der Waals surface area (Å²) in [6, 6.07) is 12.1. The zero-order valence-corrected chi connectivity index (χ0v) is 15.2. The van der Waals surface area contributed by atoms with Gasteiger partial charge in [-0.05, 0) is 41.0 Å². The molecule has 0 aliphatic heterocycles. The summed E-state index contributed by atoms with van der Waals surface area (Å²) in [5.74, 6) is 0.442. The minimum Gasteiger partial charge on any atom is -0.348 e. The van der Waals surface area contributed by atoms with E-state index in [1.165, 1.54) is 0 Å². The maximum atomic E-state index is 12.3. The number of nitrogens with one attached hydrogen (secondary N) is 1. The summed E-state index contributed by atoms with van der Waals surface area (Å²) in [6.07, 6.45) is 0. The van der Waals surface area contributed by atoms with Gasteiger partial charge in [-0.3, -0.25) is 4.79 Å². The lowest BCUT2D eigenvalue weighted by atomic mass is 10.0. The van der Waals surface area contributed by atoms with Crippen molar-refractivity contribution in [2.24, 2.45) is 5.92 Å². The average molecular weight is 446 g/mol. The van der Waals surface area contributed by atoms with E-state index >= 15 is 0 Å². The molecule has 0 aliphatic carbocycles. The first kappa shape index (κ1) is 15.8. The van der Waals surface area contributed by atoms with Gasteiger partial charge in [-0.2, -0.15) is 0 Å². The number of hydrogen-bond acceptors (Lipinski definition) is 1. The van der Waals surface area contributed by atoms with Crippen LogP contribution >= 0.6 is 38.5 Å². The van der Waals surface area contributed by atoms with Gasteiger partial charge in [-0.1, -0.05) is 64.5 Å². The second-order valence-corrected chi connectivity index (χ2v) is 6.98. The second-order valence-electron chi connectivity index (χ2n) is 5.18. The molecule has 2 rings (SSSR count). The highest BCUT2D eigenvalue weighted by Crippen LogP contribution is 2.21. The summed E-state index contributed by atoms with van der Waals surface area (Å²) in [4.78, 5) is 12.3. The highest BCUT2D eigenvalue weighted by atomic mass is 127. The lowest BCUT2D eigenvalue weighted by Crippen LogP contribution is -2.39. The highest BCUT2D eigenvalue weighted by molar-refractivity contribution is 14.1. The first-order chi connectivity index (χ1) is 9.51. The van der Waals surface area contributed by atoms with Crippen LogP contribution in [0.3, 0.4) is 0 Å². The first-order valence-corrected chi connectivity index (χ1v) is 8.89. The molecule has 0 saturated heterocycles. The van der Waals surface area contributed by atoms with E-state index in [1.807, 2.05) is 30.3 Å². The van der Waals surface area contributed by atoms with Crippen LogP contribution in [0, 0.1) is 5.92 Å². The summed E-state index contributed by atoms with van der Waals surface area (Å²) in [5.41, 5.74) is 0.718. The molecule has 1 atom stereocenters. The Labute approximate surface area is 141 Å². The van der Waals surface area contributed by atoms with Gasteiger partial charge in [-0.15, -0.1) is 0 Å². The summed E-state index contributed by atoms with van der Waals surface area (Å²) < 4.78 is 1.97. The topological polar surface area (TPSA) is 29.1 Å². The summed E-state index contributed by atoms with van der Waals surface area (Å²) in [6.45, 7) is 4.25. The normalized spacial score (nSPS) is 12.7. The average Bonchev–Trinajstić information content (AvgIpc) is 2.43. The molecule has 106 valence electrons. The number of carbonyl (C=O) groups is 1. The molecule has 2 aromatic carbocycles. The van der Waals surface area contributed by atoms with Crippen LogP contribution in [0.4, 0.5) is 0 Å². The molecule has 2 nitrogen and oxygen atoms in total. The lowest BCUT2D eigenvalue weighted by Gasteiger charge is -2.20. The van der Waals surface area contributed by atoms with E-state index in [2.05, 4.69) is 63.8 Å². The molecule has 1 N–H and O–H groups in total. The number of benzene rings is 2. The van der Waals surface area contributed by atoms with Gasteiger partial charge in [0, 0.05) is 20.5 Å². The predicted molar refractivity (Wildman–Crippen MR) is 96.6 cm³/mol. The Balaban J connectivity index is 2.24. The van der Waals surface area contributed by atoms with E-state index in [4.69, 9.17) is 0 Å². The van der Waals surface area contributed by atoms with Crippen LogP contribution in [-0.2, 0) is 0 Å². The Kier molecular flexibility index (Phi) is 5.43. The molecule has 0 fully saturated rings. The molecule has 2 aromatic rings. The molecule has 0 aliphatic rings. The van der Waals surface area contributed by atoms with Crippen LogP contribution in [0.15, 0.2) is 40.9 Å². The van der Waals surface area contributed by atoms with Gasteiger partial charge in [0.1, 0.15) is 0 Å². The van der Waals surface area contributed by atoms with E-state index in [9.17, 15) is 4.79 Å². The maximum absolute atomic E-state index is 12.3. The van der Waals surface area contributed by atoms with Gasteiger partial charge in [-0.25, -0.2) is 0 Å². The zero-order chi connectivity index (χ0) is 14.7. The Bertz CT molecular complexity index is 627. The monoisotopic (exact) mass is 445 g/mol. The number of halogens is 2. The molecule has 0 aromatic heterocycles. The van der Waals surface area contributed by atoms with Crippen LogP contribution in [0.2, 0.25) is 0 Å². The van der Waals surface area contributed by atoms with Gasteiger partial charge in [0.05, 0.1) is 0 Å². The van der Waals surface area contributed by atoms with Crippen LogP contribution in [-0.4, -0.2) is 16.4 Å². The zero-order valence-electron chi connectivity index (χ0n) is 11.5. The Morgan fingerprint density at radius 3 is 2.50 bits per heavy atom. The van der Waals surface area contributed by atoms with E-state index in [0.717, 1.165) is 25.2 Å². The van der Waals surface area contributed by atoms with E-state index in [0.29, 0.717) is 5.92 Å². The van der Waals surface area contributed by atoms with Crippen molar-refractivity contribution in [2.75, 3.05) is 4.43 Å². The summed E-state index contributed by atoms with van der Waals surface area (Å²) in [7, 11) is 0. The Morgan fingerprint density at radius 2 is 1.85 bits per heavy atom. The molecule has 1 unspecified atom stereocenters. The lowest BCUT2D eigenvalue weighted by molar-refractivity contribution is 0.0932. The third kappa shape index (κ3) is 3.73. The second kappa shape index (κ2) is 6.89. The van der Waals surface area contributed by atoms with Crippen molar-refractivity contribution >= 4 is 55.2 Å². The molecule has 0 heterocycles. The number of alkyl halides is 1. The van der Waals surface area contributed by atoms with Crippen LogP contribution in [0.1, 0.15) is 24.2 Å². The molecule has 0 radical (unpaired) electrons. The van der Waals surface area contributed by atoms with Crippen molar-refractivity contribution in [3.05, 3.63) is 46.4 Å². The van der Waals surface area contributed by atoms with Gasteiger partial charge < -0.3 is 5.32 Å². The number of fused-ring (bicyclic) bond motifs is 1. The number of amides is 1. The van der Waals surface area contributed by atoms with E-state index in [-0.39, 0.29) is 11.9 Å². The van der Waals surface area contributed by atoms with Gasteiger partial charge >= 0.3 is 0 Å². The largest absolute Gasteiger partial charge is 0.348 e. The minimum atomic E-state index is 0.00480. The van der Waals surface area contributed by atoms with Crippen LogP contribution in [0.5, 0.6) is 0 Å². The molecule has 0 saturated carbocycles. The van der Waals surface area contributed by atoms with Crippen molar-refractivity contribution < 1.29 is 4.79 Å². The van der Waals surface area contributed by atoms with Crippen molar-refractivity contribution in [1.29, 1.82) is 0 Å². The molecule has 0 bridgehead atoms. The van der Waals surface area contributed by atoms with Crippen LogP contribution in [0.25, 0.3) is 10.8 Å². The maximum Gasteiger partial charge on any atom is 0.251 e. The summed E-state index contributed by atoms with van der Waals surface area (Å²) >= 11 is 5.77. The van der Waals surface area contributed by atoms with Crippen molar-refractivity contribution in [2.45, 2.75) is 19.9 Å². The standard InChI is InChI=1S/C16H17BrINO/c1-10(2)15(9-18)19-16(20)13-4-3-12-8-14(17)6-5-11(12)7-13/h3-8,10,15H,9H2,1-2H3,(H,19,20). The van der Waals surface area contributed by atoms with Gasteiger partial charge in [0.25, 0.3) is 5.91 Å². The number of hydrogen-bond donors (Lipinski definition) is 1. The van der Waals surface area contributed by atoms with Crippen molar-refractivity contribution in [3.8, 4) is 0 Å². The van der Waals surface area contributed by atoms with E-state index < -0.39 is 0 Å². The van der Waals surface area contributed by atoms with Gasteiger partial charge in [0.15, 0.2) is 0 Å². The predicted octanol–water partition coefficient (Wildman–Crippen LogP) is 4.79. The third-order valence-corrected chi connectivity index (χ3v) is 4.79. The smallest absolute Gasteiger partial charge is 0.251 e. The quantitative estimate of drug-likeness (QED) is 0.531. The fourth-order valence-electron chi connectivity index (χ4n) is 1.99. The Hall–Kier alpha value is -0.620. The fraction of sp³-hybridized carbons (Fsp3) is 0.312. The molecule has 0 spiro atoms. The fourth-order valence-corrected chi connectivity index (χ4v) is 3.61. The molecule has 4 heteroatoms. The summed E-state index contributed by atoms with van der Waals surface area (Å²) in [5, 5.41) is 5.31. The molecule has 1 amide bonds. The number of rotatable bonds is 4. The van der Waals surface area contributed by atoms with Gasteiger partial charge in [0.2, 0.25) is 0 Å². The molecular weight excluding hydrogens is 429 g/mol. The Morgan fingerprint density at radius 1 is 1.20 bits per heavy atom. The number of carbonyl (C=O) groups excluding carboxylic acids is 1. The SMILES string of the molecule is CC(C)C(CI)NC(=O)c1ccc2cc(Br)ccc2c1. The highest BCUT2D eigenvalue weighted by Gasteiger charge is 2.16. The van der Waals surface area contributed by atoms with E-state index in [1.54, 1.807) is 0 Å². The molecule has 20 heavy (non-hydrogen) atoms. The molecular formula is C16H17BrINO. The van der Waals surface area contributed by atoms with Crippen molar-refractivity contribution in [3.63, 3.8) is 0 Å². The third-order valence-electron chi connectivity index (χ3n) is 3.35. The van der Waals surface area contributed by atoms with Crippen LogP contribution < -0.4 is 5.32 Å². The van der Waals surface area contributed by atoms with Crippen molar-refractivity contribution in [1.82, 2.24) is 5.32 Å².